The second-order valence-electron chi connectivity index (χ2n) is 6.28. The molecule has 2 aromatic rings. The highest BCUT2D eigenvalue weighted by Crippen LogP contribution is 2.25. The minimum Gasteiger partial charge on any atom is -0.369 e. The van der Waals surface area contributed by atoms with Crippen LogP contribution in [-0.4, -0.2) is 45.5 Å². The predicted octanol–water partition coefficient (Wildman–Crippen LogP) is 2.61. The average Bonchev–Trinajstić information content (AvgIpc) is 2.64. The molecule has 1 heterocycles. The van der Waals surface area contributed by atoms with E-state index in [4.69, 9.17) is 17.3 Å². The summed E-state index contributed by atoms with van der Waals surface area (Å²) in [7, 11) is -3.98. The third-order valence-electron chi connectivity index (χ3n) is 4.44. The summed E-state index contributed by atoms with van der Waals surface area (Å²) < 4.78 is 41.3. The molecule has 0 atom stereocenters. The van der Waals surface area contributed by atoms with Gasteiger partial charge in [-0.15, -0.1) is 4.40 Å². The van der Waals surface area contributed by atoms with E-state index in [0.29, 0.717) is 31.2 Å². The molecule has 27 heavy (non-hydrogen) atoms. The lowest BCUT2D eigenvalue weighted by molar-refractivity contribution is 0.382. The van der Waals surface area contributed by atoms with Gasteiger partial charge in [-0.25, -0.2) is 4.39 Å². The summed E-state index contributed by atoms with van der Waals surface area (Å²) in [5.41, 5.74) is 8.09. The van der Waals surface area contributed by atoms with E-state index in [-0.39, 0.29) is 10.9 Å². The van der Waals surface area contributed by atoms with Crippen molar-refractivity contribution in [1.29, 1.82) is 0 Å². The molecule has 0 spiro atoms. The number of hydrogen-bond donors (Lipinski definition) is 1. The van der Waals surface area contributed by atoms with E-state index in [0.717, 1.165) is 23.4 Å². The molecule has 144 valence electrons. The zero-order valence-electron chi connectivity index (χ0n) is 14.8. The van der Waals surface area contributed by atoms with Gasteiger partial charge < -0.3 is 15.5 Å². The maximum absolute atomic E-state index is 13.0. The number of nitrogens with two attached hydrogens (primary N) is 1. The molecule has 0 aromatic heterocycles. The highest BCUT2D eigenvalue weighted by molar-refractivity contribution is 7.90. The average molecular weight is 411 g/mol. The molecule has 6 nitrogen and oxygen atoms in total. The third kappa shape index (κ3) is 4.51. The van der Waals surface area contributed by atoms with Gasteiger partial charge in [0.05, 0.1) is 4.90 Å². The Kier molecular flexibility index (Phi) is 5.57. The van der Waals surface area contributed by atoms with Crippen LogP contribution in [0, 0.1) is 12.7 Å². The van der Waals surface area contributed by atoms with Gasteiger partial charge in [0, 0.05) is 36.9 Å². The first kappa shape index (κ1) is 19.4. The van der Waals surface area contributed by atoms with Crippen LogP contribution in [0.2, 0.25) is 5.02 Å². The van der Waals surface area contributed by atoms with Gasteiger partial charge in [-0.1, -0.05) is 17.7 Å². The Morgan fingerprint density at radius 3 is 2.37 bits per heavy atom. The zero-order valence-corrected chi connectivity index (χ0v) is 16.3. The van der Waals surface area contributed by atoms with Crippen molar-refractivity contribution < 1.29 is 12.8 Å². The Morgan fingerprint density at radius 1 is 1.11 bits per heavy atom. The van der Waals surface area contributed by atoms with Gasteiger partial charge in [0.1, 0.15) is 5.82 Å². The standard InChI is InChI=1S/C18H20ClFN4O2S/c1-13-2-3-14(19)12-17(13)23-8-10-24(11-9-23)18(21)22-27(25,26)16-6-4-15(20)5-7-16/h2-7,12H,8-11H2,1H3,(H2,21,22). The Balaban J connectivity index is 1.71. The molecule has 1 fully saturated rings. The number of sulfonamides is 1. The van der Waals surface area contributed by atoms with Crippen molar-refractivity contribution in [2.75, 3.05) is 31.1 Å². The minimum atomic E-state index is -3.98. The van der Waals surface area contributed by atoms with Crippen LogP contribution in [0.3, 0.4) is 0 Å². The minimum absolute atomic E-state index is 0.0678. The molecule has 1 saturated heterocycles. The van der Waals surface area contributed by atoms with E-state index < -0.39 is 15.8 Å². The normalized spacial score (nSPS) is 15.9. The van der Waals surface area contributed by atoms with Gasteiger partial charge in [0.15, 0.2) is 0 Å². The number of anilines is 1. The van der Waals surface area contributed by atoms with Crippen molar-refractivity contribution in [3.8, 4) is 0 Å². The van der Waals surface area contributed by atoms with E-state index in [1.807, 2.05) is 25.1 Å². The maximum Gasteiger partial charge on any atom is 0.285 e. The molecule has 3 rings (SSSR count). The van der Waals surface area contributed by atoms with Gasteiger partial charge in [0.2, 0.25) is 5.96 Å². The molecule has 0 saturated carbocycles. The summed E-state index contributed by atoms with van der Waals surface area (Å²) in [6, 6.07) is 10.2. The fourth-order valence-electron chi connectivity index (χ4n) is 2.94. The smallest absolute Gasteiger partial charge is 0.285 e. The van der Waals surface area contributed by atoms with Crippen LogP contribution in [-0.2, 0) is 10.0 Å². The number of halogens is 2. The molecular weight excluding hydrogens is 391 g/mol. The van der Waals surface area contributed by atoms with Gasteiger partial charge in [-0.3, -0.25) is 0 Å². The summed E-state index contributed by atoms with van der Waals surface area (Å²) in [4.78, 5) is 3.80. The van der Waals surface area contributed by atoms with Crippen LogP contribution in [0.1, 0.15) is 5.56 Å². The second-order valence-corrected chi connectivity index (χ2v) is 8.32. The fourth-order valence-corrected chi connectivity index (χ4v) is 4.05. The summed E-state index contributed by atoms with van der Waals surface area (Å²) in [6.07, 6.45) is 0. The number of guanidine groups is 1. The molecule has 1 aliphatic rings. The van der Waals surface area contributed by atoms with Crippen LogP contribution < -0.4 is 10.6 Å². The van der Waals surface area contributed by atoms with E-state index in [1.165, 1.54) is 12.1 Å². The van der Waals surface area contributed by atoms with Crippen molar-refractivity contribution in [3.63, 3.8) is 0 Å². The SMILES string of the molecule is Cc1ccc(Cl)cc1N1CCN(C(N)=NS(=O)(=O)c2ccc(F)cc2)CC1. The number of piperazine rings is 1. The quantitative estimate of drug-likeness (QED) is 0.621. The summed E-state index contributed by atoms with van der Waals surface area (Å²) in [5, 5.41) is 0.671. The summed E-state index contributed by atoms with van der Waals surface area (Å²) >= 11 is 6.09. The van der Waals surface area contributed by atoms with Gasteiger partial charge >= 0.3 is 0 Å². The molecule has 0 amide bonds. The number of benzene rings is 2. The third-order valence-corrected chi connectivity index (χ3v) is 5.97. The van der Waals surface area contributed by atoms with E-state index >= 15 is 0 Å². The molecule has 0 bridgehead atoms. The molecule has 2 N–H and O–H groups in total. The number of aryl methyl sites for hydroxylation is 1. The Bertz CT molecular complexity index is 956. The molecule has 0 unspecified atom stereocenters. The lowest BCUT2D eigenvalue weighted by Gasteiger charge is -2.37. The molecule has 0 radical (unpaired) electrons. The highest BCUT2D eigenvalue weighted by atomic mass is 35.5. The molecule has 1 aliphatic heterocycles. The zero-order chi connectivity index (χ0) is 19.6. The van der Waals surface area contributed by atoms with E-state index in [1.54, 1.807) is 4.90 Å². The molecule has 9 heteroatoms. The highest BCUT2D eigenvalue weighted by Gasteiger charge is 2.22. The van der Waals surface area contributed by atoms with Crippen molar-refractivity contribution in [2.45, 2.75) is 11.8 Å². The van der Waals surface area contributed by atoms with Crippen LogP contribution in [0.4, 0.5) is 10.1 Å². The van der Waals surface area contributed by atoms with Crippen LogP contribution in [0.5, 0.6) is 0 Å². The lowest BCUT2D eigenvalue weighted by atomic mass is 10.1. The first-order chi connectivity index (χ1) is 12.8. The Labute approximate surface area is 163 Å². The number of nitrogens with zero attached hydrogens (tertiary/aromatic N) is 3. The summed E-state index contributed by atoms with van der Waals surface area (Å²) in [5.74, 6) is -0.583. The Hall–Kier alpha value is -2.32. The largest absolute Gasteiger partial charge is 0.369 e. The predicted molar refractivity (Wildman–Crippen MR) is 105 cm³/mol. The van der Waals surface area contributed by atoms with Crippen LogP contribution in [0.25, 0.3) is 0 Å². The van der Waals surface area contributed by atoms with Crippen LogP contribution >= 0.6 is 11.6 Å². The lowest BCUT2D eigenvalue weighted by Crippen LogP contribution is -2.51. The van der Waals surface area contributed by atoms with E-state index in [9.17, 15) is 12.8 Å². The van der Waals surface area contributed by atoms with E-state index in [2.05, 4.69) is 9.30 Å². The molecular formula is C18H20ClFN4O2S. The first-order valence-corrected chi connectivity index (χ1v) is 10.2. The monoisotopic (exact) mass is 410 g/mol. The fraction of sp³-hybridized carbons (Fsp3) is 0.278. The maximum atomic E-state index is 13.0. The van der Waals surface area contributed by atoms with Crippen molar-refractivity contribution in [1.82, 2.24) is 4.90 Å². The summed E-state index contributed by atoms with van der Waals surface area (Å²) in [6.45, 7) is 4.39. The van der Waals surface area contributed by atoms with Gasteiger partial charge in [0.25, 0.3) is 10.0 Å². The van der Waals surface area contributed by atoms with Crippen molar-refractivity contribution in [3.05, 3.63) is 58.9 Å². The number of hydrogen-bond acceptors (Lipinski definition) is 3. The topological polar surface area (TPSA) is 79.0 Å². The molecule has 0 aliphatic carbocycles. The number of rotatable bonds is 3. The van der Waals surface area contributed by atoms with Gasteiger partial charge in [-0.05, 0) is 48.9 Å². The first-order valence-electron chi connectivity index (χ1n) is 8.38. The second kappa shape index (κ2) is 7.74. The van der Waals surface area contributed by atoms with Crippen LogP contribution in [0.15, 0.2) is 51.8 Å². The van der Waals surface area contributed by atoms with Crippen molar-refractivity contribution in [2.24, 2.45) is 10.1 Å². The molecule has 2 aromatic carbocycles. The van der Waals surface area contributed by atoms with Gasteiger partial charge in [-0.2, -0.15) is 8.42 Å². The van der Waals surface area contributed by atoms with Crippen molar-refractivity contribution >= 4 is 33.3 Å². The Morgan fingerprint density at radius 2 is 1.74 bits per heavy atom.